The van der Waals surface area contributed by atoms with Gasteiger partial charge in [-0.2, -0.15) is 0 Å². The summed E-state index contributed by atoms with van der Waals surface area (Å²) < 4.78 is 10.3. The molecule has 2 N–H and O–H groups in total. The fourth-order valence-corrected chi connectivity index (χ4v) is 1.98. The molecular formula is C11H13NO3. The maximum atomic E-state index is 11.6. The van der Waals surface area contributed by atoms with Crippen LogP contribution in [0, 0.1) is 0 Å². The summed E-state index contributed by atoms with van der Waals surface area (Å²) in [6, 6.07) is 1.83. The van der Waals surface area contributed by atoms with Crippen LogP contribution >= 0.6 is 0 Å². The summed E-state index contributed by atoms with van der Waals surface area (Å²) in [6.45, 7) is 0. The van der Waals surface area contributed by atoms with E-state index in [0.717, 1.165) is 12.0 Å². The number of carbonyl (C=O) groups is 1. The summed E-state index contributed by atoms with van der Waals surface area (Å²) >= 11 is 0. The molecule has 1 aromatic carbocycles. The molecule has 1 aliphatic rings. The third kappa shape index (κ3) is 1.33. The topological polar surface area (TPSA) is 61.6 Å². The first-order valence-electron chi connectivity index (χ1n) is 4.75. The molecule has 1 aromatic rings. The van der Waals surface area contributed by atoms with Crippen LogP contribution in [-0.4, -0.2) is 20.0 Å². The lowest BCUT2D eigenvalue weighted by Gasteiger charge is -2.13. The average Bonchev–Trinajstić information content (AvgIpc) is 2.60. The largest absolute Gasteiger partial charge is 0.493 e. The fourth-order valence-electron chi connectivity index (χ4n) is 1.98. The molecule has 4 nitrogen and oxygen atoms in total. The minimum Gasteiger partial charge on any atom is -0.493 e. The quantitative estimate of drug-likeness (QED) is 0.745. The number of benzene rings is 1. The molecule has 0 saturated carbocycles. The second-order valence-corrected chi connectivity index (χ2v) is 3.48. The van der Waals surface area contributed by atoms with Crippen molar-refractivity contribution in [2.45, 2.75) is 12.8 Å². The van der Waals surface area contributed by atoms with Crippen molar-refractivity contribution >= 4 is 11.5 Å². The molecule has 0 saturated heterocycles. The Hall–Kier alpha value is -1.71. The Bertz CT molecular complexity index is 426. The molecule has 0 bridgehead atoms. The van der Waals surface area contributed by atoms with Crippen molar-refractivity contribution in [3.05, 3.63) is 17.2 Å². The van der Waals surface area contributed by atoms with Gasteiger partial charge in [0.1, 0.15) is 0 Å². The number of ketones is 1. The molecule has 0 aliphatic heterocycles. The molecule has 0 fully saturated rings. The number of anilines is 1. The van der Waals surface area contributed by atoms with Gasteiger partial charge in [0.2, 0.25) is 0 Å². The standard InChI is InChI=1S/C11H13NO3/c1-14-8-5-6-3-4-7(13)9(6)10(12)11(8)15-2/h5H,3-4,12H2,1-2H3. The highest BCUT2D eigenvalue weighted by atomic mass is 16.5. The summed E-state index contributed by atoms with van der Waals surface area (Å²) in [5.41, 5.74) is 7.84. The lowest BCUT2D eigenvalue weighted by atomic mass is 10.1. The van der Waals surface area contributed by atoms with Crippen LogP contribution in [0.4, 0.5) is 5.69 Å². The van der Waals surface area contributed by atoms with Crippen LogP contribution < -0.4 is 15.2 Å². The van der Waals surface area contributed by atoms with E-state index >= 15 is 0 Å². The number of aryl methyl sites for hydroxylation is 1. The van der Waals surface area contributed by atoms with Crippen molar-refractivity contribution in [2.24, 2.45) is 0 Å². The number of fused-ring (bicyclic) bond motifs is 1. The van der Waals surface area contributed by atoms with Gasteiger partial charge in [0.05, 0.1) is 19.9 Å². The summed E-state index contributed by atoms with van der Waals surface area (Å²) in [6.07, 6.45) is 1.26. The van der Waals surface area contributed by atoms with Gasteiger partial charge in [-0.1, -0.05) is 0 Å². The number of Topliss-reactive ketones (excluding diaryl/α,β-unsaturated/α-hetero) is 1. The Labute approximate surface area is 88.0 Å². The van der Waals surface area contributed by atoms with Crippen LogP contribution in [0.15, 0.2) is 6.07 Å². The summed E-state index contributed by atoms with van der Waals surface area (Å²) in [5.74, 6) is 1.12. The van der Waals surface area contributed by atoms with E-state index < -0.39 is 0 Å². The Morgan fingerprint density at radius 1 is 1.27 bits per heavy atom. The van der Waals surface area contributed by atoms with Crippen molar-refractivity contribution in [1.82, 2.24) is 0 Å². The molecule has 0 unspecified atom stereocenters. The van der Waals surface area contributed by atoms with E-state index in [0.29, 0.717) is 29.2 Å². The van der Waals surface area contributed by atoms with Crippen LogP contribution in [0.5, 0.6) is 11.5 Å². The number of nitrogen functional groups attached to an aromatic ring is 1. The molecule has 0 spiro atoms. The number of hydrogen-bond donors (Lipinski definition) is 1. The van der Waals surface area contributed by atoms with Gasteiger partial charge in [-0.3, -0.25) is 4.79 Å². The first kappa shape index (κ1) is 9.83. The van der Waals surface area contributed by atoms with E-state index in [1.165, 1.54) is 7.11 Å². The Morgan fingerprint density at radius 2 is 2.00 bits per heavy atom. The Kier molecular flexibility index (Phi) is 2.26. The molecule has 0 amide bonds. The summed E-state index contributed by atoms with van der Waals surface area (Å²) in [7, 11) is 3.07. The minimum atomic E-state index is 0.0865. The molecule has 2 rings (SSSR count). The number of nitrogens with two attached hydrogens (primary N) is 1. The van der Waals surface area contributed by atoms with Gasteiger partial charge in [0.25, 0.3) is 0 Å². The lowest BCUT2D eigenvalue weighted by Crippen LogP contribution is -2.03. The summed E-state index contributed by atoms with van der Waals surface area (Å²) in [5, 5.41) is 0. The molecule has 4 heteroatoms. The second-order valence-electron chi connectivity index (χ2n) is 3.48. The maximum absolute atomic E-state index is 11.6. The normalized spacial score (nSPS) is 13.9. The highest BCUT2D eigenvalue weighted by Gasteiger charge is 2.26. The summed E-state index contributed by atoms with van der Waals surface area (Å²) in [4.78, 5) is 11.6. The van der Waals surface area contributed by atoms with Gasteiger partial charge in [-0.15, -0.1) is 0 Å². The molecule has 0 radical (unpaired) electrons. The van der Waals surface area contributed by atoms with Gasteiger partial charge in [0, 0.05) is 12.0 Å². The number of methoxy groups -OCH3 is 2. The maximum Gasteiger partial charge on any atom is 0.184 e. The highest BCUT2D eigenvalue weighted by Crippen LogP contribution is 2.41. The molecule has 0 aromatic heterocycles. The van der Waals surface area contributed by atoms with Crippen LogP contribution in [0.2, 0.25) is 0 Å². The van der Waals surface area contributed by atoms with Crippen LogP contribution in [-0.2, 0) is 6.42 Å². The van der Waals surface area contributed by atoms with E-state index in [9.17, 15) is 4.79 Å². The van der Waals surface area contributed by atoms with Crippen LogP contribution in [0.3, 0.4) is 0 Å². The van der Waals surface area contributed by atoms with Crippen LogP contribution in [0.25, 0.3) is 0 Å². The van der Waals surface area contributed by atoms with Gasteiger partial charge in [-0.05, 0) is 18.1 Å². The van der Waals surface area contributed by atoms with E-state index in [4.69, 9.17) is 15.2 Å². The fraction of sp³-hybridized carbons (Fsp3) is 0.364. The molecule has 80 valence electrons. The van der Waals surface area contributed by atoms with Crippen molar-refractivity contribution in [3.63, 3.8) is 0 Å². The third-order valence-electron chi connectivity index (χ3n) is 2.69. The van der Waals surface area contributed by atoms with Gasteiger partial charge in [-0.25, -0.2) is 0 Å². The van der Waals surface area contributed by atoms with Gasteiger partial charge >= 0.3 is 0 Å². The Balaban J connectivity index is 2.67. The first-order chi connectivity index (χ1) is 7.19. The molecule has 0 atom stereocenters. The number of carbonyl (C=O) groups excluding carboxylic acids is 1. The third-order valence-corrected chi connectivity index (χ3v) is 2.69. The zero-order chi connectivity index (χ0) is 11.0. The van der Waals surface area contributed by atoms with Crippen molar-refractivity contribution < 1.29 is 14.3 Å². The zero-order valence-electron chi connectivity index (χ0n) is 8.79. The van der Waals surface area contributed by atoms with Gasteiger partial charge in [0.15, 0.2) is 17.3 Å². The molecule has 0 heterocycles. The first-order valence-corrected chi connectivity index (χ1v) is 4.75. The molecule has 1 aliphatic carbocycles. The molecular weight excluding hydrogens is 194 g/mol. The van der Waals surface area contributed by atoms with E-state index in [1.54, 1.807) is 7.11 Å². The average molecular weight is 207 g/mol. The minimum absolute atomic E-state index is 0.0865. The van der Waals surface area contributed by atoms with E-state index in [-0.39, 0.29) is 5.78 Å². The SMILES string of the molecule is COc1cc2c(c(N)c1OC)C(=O)CC2. The predicted molar refractivity (Wildman–Crippen MR) is 56.6 cm³/mol. The van der Waals surface area contributed by atoms with Crippen molar-refractivity contribution in [3.8, 4) is 11.5 Å². The van der Waals surface area contributed by atoms with E-state index in [2.05, 4.69) is 0 Å². The Morgan fingerprint density at radius 3 is 2.60 bits per heavy atom. The van der Waals surface area contributed by atoms with Gasteiger partial charge < -0.3 is 15.2 Å². The predicted octanol–water partition coefficient (Wildman–Crippen LogP) is 1.41. The molecule has 15 heavy (non-hydrogen) atoms. The smallest absolute Gasteiger partial charge is 0.184 e. The monoisotopic (exact) mass is 207 g/mol. The second kappa shape index (κ2) is 3.46. The zero-order valence-corrected chi connectivity index (χ0v) is 8.79. The number of ether oxygens (including phenoxy) is 2. The highest BCUT2D eigenvalue weighted by molar-refractivity contribution is 6.06. The van der Waals surface area contributed by atoms with E-state index in [1.807, 2.05) is 6.07 Å². The number of hydrogen-bond acceptors (Lipinski definition) is 4. The van der Waals surface area contributed by atoms with Crippen molar-refractivity contribution in [1.29, 1.82) is 0 Å². The lowest BCUT2D eigenvalue weighted by molar-refractivity contribution is 0.0995. The number of rotatable bonds is 2. The van der Waals surface area contributed by atoms with Crippen molar-refractivity contribution in [2.75, 3.05) is 20.0 Å². The van der Waals surface area contributed by atoms with Crippen LogP contribution in [0.1, 0.15) is 22.3 Å².